The molecule has 0 atom stereocenters. The molecule has 0 bridgehead atoms. The summed E-state index contributed by atoms with van der Waals surface area (Å²) in [6, 6.07) is 14.7. The topological polar surface area (TPSA) is 85.8 Å². The van der Waals surface area contributed by atoms with Crippen molar-refractivity contribution in [1.82, 2.24) is 15.5 Å². The number of amides is 2. The Morgan fingerprint density at radius 3 is 2.38 bits per heavy atom. The first-order valence-corrected chi connectivity index (χ1v) is 10.6. The van der Waals surface area contributed by atoms with E-state index in [-0.39, 0.29) is 35.8 Å². The molecule has 0 aromatic heterocycles. The van der Waals surface area contributed by atoms with Crippen molar-refractivity contribution in [3.05, 3.63) is 64.7 Å². The number of benzene rings is 2. The fourth-order valence-corrected chi connectivity index (χ4v) is 3.00. The van der Waals surface area contributed by atoms with Crippen LogP contribution in [0.5, 0.6) is 0 Å². The summed E-state index contributed by atoms with van der Waals surface area (Å²) in [6.07, 6.45) is 1.84. The third kappa shape index (κ3) is 9.86. The highest BCUT2D eigenvalue weighted by Gasteiger charge is 2.08. The van der Waals surface area contributed by atoms with Crippen molar-refractivity contribution in [3.63, 3.8) is 0 Å². The van der Waals surface area contributed by atoms with E-state index in [4.69, 9.17) is 11.6 Å². The molecule has 2 aromatic rings. The minimum Gasteiger partial charge on any atom is -0.356 e. The monoisotopic (exact) mass is 571 g/mol. The summed E-state index contributed by atoms with van der Waals surface area (Å²) in [4.78, 5) is 29.9. The molecule has 0 saturated heterocycles. The highest BCUT2D eigenvalue weighted by molar-refractivity contribution is 14.0. The second-order valence-electron chi connectivity index (χ2n) is 7.23. The number of anilines is 1. The van der Waals surface area contributed by atoms with Crippen LogP contribution in [0.15, 0.2) is 53.5 Å². The number of carbonyl (C=O) groups is 2. The van der Waals surface area contributed by atoms with Crippen LogP contribution in [0.1, 0.15) is 28.8 Å². The Morgan fingerprint density at radius 2 is 1.72 bits per heavy atom. The molecule has 7 nitrogen and oxygen atoms in total. The van der Waals surface area contributed by atoms with Gasteiger partial charge in [-0.05, 0) is 54.8 Å². The van der Waals surface area contributed by atoms with Gasteiger partial charge in [0.2, 0.25) is 5.91 Å². The molecular weight excluding hydrogens is 541 g/mol. The zero-order chi connectivity index (χ0) is 22.6. The van der Waals surface area contributed by atoms with E-state index in [9.17, 15) is 9.59 Å². The molecule has 2 amide bonds. The van der Waals surface area contributed by atoms with Crippen molar-refractivity contribution in [2.24, 2.45) is 4.99 Å². The Balaban J connectivity index is 0.00000512. The smallest absolute Gasteiger partial charge is 0.253 e. The van der Waals surface area contributed by atoms with Crippen molar-refractivity contribution in [2.75, 3.05) is 39.5 Å². The predicted octanol–water partition coefficient (Wildman–Crippen LogP) is 3.79. The van der Waals surface area contributed by atoms with Crippen molar-refractivity contribution in [1.29, 1.82) is 0 Å². The van der Waals surface area contributed by atoms with E-state index >= 15 is 0 Å². The van der Waals surface area contributed by atoms with Crippen LogP contribution < -0.4 is 16.0 Å². The number of hydrogen-bond donors (Lipinski definition) is 3. The van der Waals surface area contributed by atoms with Crippen LogP contribution in [0.3, 0.4) is 0 Å². The van der Waals surface area contributed by atoms with Gasteiger partial charge in [0.25, 0.3) is 5.91 Å². The van der Waals surface area contributed by atoms with Gasteiger partial charge in [-0.1, -0.05) is 23.7 Å². The van der Waals surface area contributed by atoms with Gasteiger partial charge in [-0.15, -0.1) is 24.0 Å². The number of guanidine groups is 1. The minimum absolute atomic E-state index is 0. The molecule has 0 aliphatic carbocycles. The van der Waals surface area contributed by atoms with Crippen LogP contribution in [-0.2, 0) is 11.2 Å². The van der Waals surface area contributed by atoms with Gasteiger partial charge in [-0.25, -0.2) is 0 Å². The summed E-state index contributed by atoms with van der Waals surface area (Å²) >= 11 is 5.84. The normalized spacial score (nSPS) is 10.7. The summed E-state index contributed by atoms with van der Waals surface area (Å²) in [5, 5.41) is 9.94. The highest BCUT2D eigenvalue weighted by atomic mass is 127. The van der Waals surface area contributed by atoms with Crippen molar-refractivity contribution < 1.29 is 9.59 Å². The number of nitrogens with one attached hydrogen (secondary N) is 3. The number of nitrogens with zero attached hydrogens (tertiary/aromatic N) is 2. The molecular formula is C23H31ClIN5O2. The van der Waals surface area contributed by atoms with Gasteiger partial charge in [0.1, 0.15) is 0 Å². The zero-order valence-electron chi connectivity index (χ0n) is 18.7. The van der Waals surface area contributed by atoms with Gasteiger partial charge in [0.05, 0.1) is 0 Å². The first-order valence-electron chi connectivity index (χ1n) is 10.2. The molecule has 0 spiro atoms. The summed E-state index contributed by atoms with van der Waals surface area (Å²) < 4.78 is 0. The lowest BCUT2D eigenvalue weighted by Crippen LogP contribution is -2.38. The molecule has 0 fully saturated rings. The molecule has 0 unspecified atom stereocenters. The molecule has 0 heterocycles. The Hall–Kier alpha value is -2.33. The average molecular weight is 572 g/mol. The summed E-state index contributed by atoms with van der Waals surface area (Å²) in [6.45, 7) is 1.30. The lowest BCUT2D eigenvalue weighted by molar-refractivity contribution is -0.116. The van der Waals surface area contributed by atoms with E-state index in [2.05, 4.69) is 20.9 Å². The van der Waals surface area contributed by atoms with E-state index in [1.165, 1.54) is 0 Å². The number of halogens is 2. The maximum absolute atomic E-state index is 12.1. The zero-order valence-corrected chi connectivity index (χ0v) is 21.7. The van der Waals surface area contributed by atoms with E-state index in [1.54, 1.807) is 50.3 Å². The van der Waals surface area contributed by atoms with Crippen LogP contribution >= 0.6 is 35.6 Å². The standard InChI is InChI=1S/C23H30ClN5O2.HI/c1-25-23(26-14-5-8-21(30)28-20-11-9-19(24)10-12-20)27-15-13-17-6-4-7-18(16-17)22(31)29(2)3;/h4,6-7,9-12,16H,5,8,13-15H2,1-3H3,(H,28,30)(H2,25,26,27);1H. The van der Waals surface area contributed by atoms with E-state index < -0.39 is 0 Å². The average Bonchev–Trinajstić information content (AvgIpc) is 2.76. The quantitative estimate of drug-likeness (QED) is 0.185. The van der Waals surface area contributed by atoms with Crippen molar-refractivity contribution in [3.8, 4) is 0 Å². The van der Waals surface area contributed by atoms with Crippen LogP contribution in [0, 0.1) is 0 Å². The number of rotatable bonds is 9. The molecule has 3 N–H and O–H groups in total. The molecule has 0 aliphatic rings. The number of aliphatic imine (C=N–C) groups is 1. The van der Waals surface area contributed by atoms with Gasteiger partial charge < -0.3 is 20.9 Å². The van der Waals surface area contributed by atoms with Crippen molar-refractivity contribution in [2.45, 2.75) is 19.3 Å². The van der Waals surface area contributed by atoms with Gasteiger partial charge in [-0.2, -0.15) is 0 Å². The molecule has 0 radical (unpaired) electrons. The Labute approximate surface area is 212 Å². The molecule has 174 valence electrons. The Bertz CT molecular complexity index is 904. The highest BCUT2D eigenvalue weighted by Crippen LogP contribution is 2.13. The summed E-state index contributed by atoms with van der Waals surface area (Å²) in [7, 11) is 5.19. The second kappa shape index (κ2) is 14.7. The third-order valence-electron chi connectivity index (χ3n) is 4.51. The lowest BCUT2D eigenvalue weighted by Gasteiger charge is -2.13. The molecule has 0 saturated carbocycles. The predicted molar refractivity (Wildman–Crippen MR) is 142 cm³/mol. The molecule has 2 aromatic carbocycles. The molecule has 9 heteroatoms. The fraction of sp³-hybridized carbons (Fsp3) is 0.348. The molecule has 2 rings (SSSR count). The lowest BCUT2D eigenvalue weighted by atomic mass is 10.1. The van der Waals surface area contributed by atoms with Gasteiger partial charge in [0, 0.05) is 56.9 Å². The van der Waals surface area contributed by atoms with Crippen LogP contribution in [0.4, 0.5) is 5.69 Å². The SMILES string of the molecule is CN=C(NCCCC(=O)Nc1ccc(Cl)cc1)NCCc1cccc(C(=O)N(C)C)c1.I. The Morgan fingerprint density at radius 1 is 1.03 bits per heavy atom. The van der Waals surface area contributed by atoms with Gasteiger partial charge in [-0.3, -0.25) is 14.6 Å². The largest absolute Gasteiger partial charge is 0.356 e. The van der Waals surface area contributed by atoms with E-state index in [0.717, 1.165) is 17.7 Å². The maximum Gasteiger partial charge on any atom is 0.253 e. The first kappa shape index (κ1) is 27.7. The van der Waals surface area contributed by atoms with E-state index in [1.807, 2.05) is 24.3 Å². The number of carbonyl (C=O) groups excluding carboxylic acids is 2. The molecule has 0 aliphatic heterocycles. The van der Waals surface area contributed by atoms with Crippen LogP contribution in [0.25, 0.3) is 0 Å². The number of hydrogen-bond acceptors (Lipinski definition) is 3. The van der Waals surface area contributed by atoms with Crippen molar-refractivity contribution >= 4 is 59.0 Å². The van der Waals surface area contributed by atoms with Crippen LogP contribution in [0.2, 0.25) is 5.02 Å². The van der Waals surface area contributed by atoms with E-state index in [0.29, 0.717) is 42.5 Å². The minimum atomic E-state index is -0.0424. The third-order valence-corrected chi connectivity index (χ3v) is 4.76. The van der Waals surface area contributed by atoms with Gasteiger partial charge >= 0.3 is 0 Å². The Kier molecular flexibility index (Phi) is 12.7. The summed E-state index contributed by atoms with van der Waals surface area (Å²) in [5.41, 5.74) is 2.49. The second-order valence-corrected chi connectivity index (χ2v) is 7.67. The van der Waals surface area contributed by atoms with Gasteiger partial charge in [0.15, 0.2) is 5.96 Å². The molecule has 32 heavy (non-hydrogen) atoms. The maximum atomic E-state index is 12.1. The fourth-order valence-electron chi connectivity index (χ4n) is 2.88. The summed E-state index contributed by atoms with van der Waals surface area (Å²) in [5.74, 6) is 0.630. The first-order chi connectivity index (χ1) is 14.9. The van der Waals surface area contributed by atoms with Crippen LogP contribution in [-0.4, -0.2) is 56.9 Å².